The van der Waals surface area contributed by atoms with Gasteiger partial charge < -0.3 is 9.84 Å². The summed E-state index contributed by atoms with van der Waals surface area (Å²) in [7, 11) is 0. The fourth-order valence-electron chi connectivity index (χ4n) is 2.44. The van der Waals surface area contributed by atoms with Crippen LogP contribution in [0.2, 0.25) is 0 Å². The van der Waals surface area contributed by atoms with E-state index in [4.69, 9.17) is 4.52 Å². The molecule has 1 fully saturated rings. The highest BCUT2D eigenvalue weighted by atomic mass is 16.5. The van der Waals surface area contributed by atoms with Crippen molar-refractivity contribution >= 4 is 0 Å². The van der Waals surface area contributed by atoms with Crippen molar-refractivity contribution in [3.8, 4) is 0 Å². The second-order valence-corrected chi connectivity index (χ2v) is 5.02. The Kier molecular flexibility index (Phi) is 4.12. The first-order chi connectivity index (χ1) is 8.17. The van der Waals surface area contributed by atoms with Crippen molar-refractivity contribution in [3.05, 3.63) is 11.7 Å². The van der Waals surface area contributed by atoms with E-state index < -0.39 is 0 Å². The molecule has 0 aromatic carbocycles. The molecule has 96 valence electrons. The van der Waals surface area contributed by atoms with Crippen molar-refractivity contribution in [1.82, 2.24) is 20.4 Å². The number of hydrogen-bond donors (Lipinski definition) is 1. The van der Waals surface area contributed by atoms with Crippen molar-refractivity contribution in [1.29, 1.82) is 0 Å². The van der Waals surface area contributed by atoms with Gasteiger partial charge in [0.15, 0.2) is 5.82 Å². The maximum Gasteiger partial charge on any atom is 0.226 e. The molecule has 2 unspecified atom stereocenters. The van der Waals surface area contributed by atoms with Gasteiger partial charge in [-0.15, -0.1) is 0 Å². The molecule has 1 aromatic rings. The predicted molar refractivity (Wildman–Crippen MR) is 65.6 cm³/mol. The number of piperazine rings is 1. The lowest BCUT2D eigenvalue weighted by molar-refractivity contribution is 0.161. The fraction of sp³-hybridized carbons (Fsp3) is 0.833. The van der Waals surface area contributed by atoms with Crippen LogP contribution in [0.3, 0.4) is 0 Å². The van der Waals surface area contributed by atoms with Crippen LogP contribution in [-0.4, -0.2) is 40.2 Å². The summed E-state index contributed by atoms with van der Waals surface area (Å²) in [5, 5.41) is 7.55. The Morgan fingerprint density at radius 3 is 2.71 bits per heavy atom. The van der Waals surface area contributed by atoms with E-state index in [0.717, 1.165) is 44.2 Å². The molecule has 0 radical (unpaired) electrons. The van der Waals surface area contributed by atoms with Gasteiger partial charge in [-0.05, 0) is 20.3 Å². The Morgan fingerprint density at radius 2 is 2.06 bits per heavy atom. The first-order valence-corrected chi connectivity index (χ1v) is 6.47. The van der Waals surface area contributed by atoms with Crippen molar-refractivity contribution < 1.29 is 4.52 Å². The van der Waals surface area contributed by atoms with Crippen molar-refractivity contribution in [3.63, 3.8) is 0 Å². The maximum absolute atomic E-state index is 5.20. The number of aryl methyl sites for hydroxylation is 1. The predicted octanol–water partition coefficient (Wildman–Crippen LogP) is 1.20. The lowest BCUT2D eigenvalue weighted by atomic mass is 10.1. The average molecular weight is 238 g/mol. The van der Waals surface area contributed by atoms with E-state index in [1.807, 2.05) is 0 Å². The summed E-state index contributed by atoms with van der Waals surface area (Å²) in [6.07, 6.45) is 1.92. The lowest BCUT2D eigenvalue weighted by Gasteiger charge is -2.35. The minimum Gasteiger partial charge on any atom is -0.339 e. The second-order valence-electron chi connectivity index (χ2n) is 5.02. The van der Waals surface area contributed by atoms with Crippen LogP contribution < -0.4 is 5.32 Å². The molecule has 1 saturated heterocycles. The van der Waals surface area contributed by atoms with Crippen molar-refractivity contribution in [2.24, 2.45) is 0 Å². The highest BCUT2D eigenvalue weighted by molar-refractivity contribution is 4.89. The molecule has 2 rings (SSSR count). The minimum atomic E-state index is 0.528. The van der Waals surface area contributed by atoms with Crippen LogP contribution in [-0.2, 0) is 13.0 Å². The third kappa shape index (κ3) is 3.51. The molecule has 0 bridgehead atoms. The molecule has 1 aliphatic heterocycles. The zero-order valence-electron chi connectivity index (χ0n) is 10.9. The van der Waals surface area contributed by atoms with E-state index in [-0.39, 0.29) is 0 Å². The molecule has 5 heteroatoms. The van der Waals surface area contributed by atoms with E-state index in [9.17, 15) is 0 Å². The van der Waals surface area contributed by atoms with Crippen LogP contribution in [0, 0.1) is 0 Å². The maximum atomic E-state index is 5.20. The van der Waals surface area contributed by atoms with Gasteiger partial charge in [-0.3, -0.25) is 4.90 Å². The molecule has 0 spiro atoms. The Bertz CT molecular complexity index is 342. The van der Waals surface area contributed by atoms with Crippen LogP contribution in [0.1, 0.15) is 38.9 Å². The third-order valence-corrected chi connectivity index (χ3v) is 2.97. The molecule has 0 amide bonds. The Hall–Kier alpha value is -0.940. The number of aromatic nitrogens is 2. The number of rotatable bonds is 4. The lowest BCUT2D eigenvalue weighted by Crippen LogP contribution is -2.53. The molecule has 5 nitrogen and oxygen atoms in total. The van der Waals surface area contributed by atoms with E-state index >= 15 is 0 Å². The standard InChI is InChI=1S/C12H22N4O/c1-4-5-12-14-11(15-17-12)8-16-6-9(2)13-10(3)7-16/h9-10,13H,4-8H2,1-3H3. The highest BCUT2D eigenvalue weighted by Gasteiger charge is 2.22. The smallest absolute Gasteiger partial charge is 0.226 e. The van der Waals surface area contributed by atoms with Gasteiger partial charge in [0.1, 0.15) is 0 Å². The molecule has 17 heavy (non-hydrogen) atoms. The van der Waals surface area contributed by atoms with Gasteiger partial charge in [-0.2, -0.15) is 4.98 Å². The molecule has 1 N–H and O–H groups in total. The van der Waals surface area contributed by atoms with E-state index in [0.29, 0.717) is 12.1 Å². The summed E-state index contributed by atoms with van der Waals surface area (Å²) in [6.45, 7) is 9.42. The molecule has 0 aliphatic carbocycles. The Morgan fingerprint density at radius 1 is 1.35 bits per heavy atom. The largest absolute Gasteiger partial charge is 0.339 e. The molecular formula is C12H22N4O. The number of nitrogens with zero attached hydrogens (tertiary/aromatic N) is 3. The summed E-state index contributed by atoms with van der Waals surface area (Å²) >= 11 is 0. The van der Waals surface area contributed by atoms with Gasteiger partial charge in [0, 0.05) is 31.6 Å². The van der Waals surface area contributed by atoms with E-state index in [2.05, 4.69) is 41.1 Å². The number of hydrogen-bond acceptors (Lipinski definition) is 5. The molecule has 2 heterocycles. The summed E-state index contributed by atoms with van der Waals surface area (Å²) in [5.74, 6) is 1.58. The normalized spacial score (nSPS) is 26.3. The molecular weight excluding hydrogens is 216 g/mol. The Labute approximate surface area is 103 Å². The molecule has 1 aromatic heterocycles. The highest BCUT2D eigenvalue weighted by Crippen LogP contribution is 2.09. The van der Waals surface area contributed by atoms with Gasteiger partial charge in [-0.25, -0.2) is 0 Å². The van der Waals surface area contributed by atoms with Gasteiger partial charge in [0.25, 0.3) is 0 Å². The molecule has 2 atom stereocenters. The first-order valence-electron chi connectivity index (χ1n) is 6.47. The fourth-order valence-corrected chi connectivity index (χ4v) is 2.44. The molecule has 1 aliphatic rings. The van der Waals surface area contributed by atoms with Gasteiger partial charge in [-0.1, -0.05) is 12.1 Å². The Balaban J connectivity index is 1.90. The summed E-state index contributed by atoms with van der Waals surface area (Å²) < 4.78 is 5.20. The summed E-state index contributed by atoms with van der Waals surface area (Å²) in [6, 6.07) is 1.06. The van der Waals surface area contributed by atoms with Gasteiger partial charge in [0.05, 0.1) is 6.54 Å². The summed E-state index contributed by atoms with van der Waals surface area (Å²) in [5.41, 5.74) is 0. The zero-order valence-corrected chi connectivity index (χ0v) is 10.9. The second kappa shape index (κ2) is 5.60. The quantitative estimate of drug-likeness (QED) is 0.854. The van der Waals surface area contributed by atoms with Crippen LogP contribution in [0.15, 0.2) is 4.52 Å². The van der Waals surface area contributed by atoms with Crippen molar-refractivity contribution in [2.75, 3.05) is 13.1 Å². The minimum absolute atomic E-state index is 0.528. The van der Waals surface area contributed by atoms with Crippen molar-refractivity contribution in [2.45, 2.75) is 52.2 Å². The van der Waals surface area contributed by atoms with Crippen LogP contribution >= 0.6 is 0 Å². The average Bonchev–Trinajstić information content (AvgIpc) is 2.64. The topological polar surface area (TPSA) is 54.2 Å². The van der Waals surface area contributed by atoms with Gasteiger partial charge in [0.2, 0.25) is 5.89 Å². The van der Waals surface area contributed by atoms with Crippen LogP contribution in [0.5, 0.6) is 0 Å². The van der Waals surface area contributed by atoms with E-state index in [1.165, 1.54) is 0 Å². The number of nitrogens with one attached hydrogen (secondary N) is 1. The van der Waals surface area contributed by atoms with E-state index in [1.54, 1.807) is 0 Å². The van der Waals surface area contributed by atoms with Crippen LogP contribution in [0.4, 0.5) is 0 Å². The van der Waals surface area contributed by atoms with Crippen LogP contribution in [0.25, 0.3) is 0 Å². The SMILES string of the molecule is CCCc1nc(CN2CC(C)NC(C)C2)no1. The molecule has 0 saturated carbocycles. The zero-order chi connectivity index (χ0) is 12.3. The third-order valence-electron chi connectivity index (χ3n) is 2.97. The first kappa shape index (κ1) is 12.5. The summed E-state index contributed by atoms with van der Waals surface area (Å²) in [4.78, 5) is 6.79. The monoisotopic (exact) mass is 238 g/mol. The van der Waals surface area contributed by atoms with Gasteiger partial charge >= 0.3 is 0 Å².